The first-order chi connectivity index (χ1) is 7.98. The maximum atomic E-state index is 9.65. The summed E-state index contributed by atoms with van der Waals surface area (Å²) < 4.78 is 5.15. The molecule has 0 radical (unpaired) electrons. The van der Waals surface area contributed by atoms with Crippen molar-refractivity contribution in [2.24, 2.45) is 0 Å². The Hall–Kier alpha value is -1.20. The summed E-state index contributed by atoms with van der Waals surface area (Å²) in [5.74, 6) is 1.41. The zero-order valence-electron chi connectivity index (χ0n) is 10.2. The summed E-state index contributed by atoms with van der Waals surface area (Å²) in [4.78, 5) is 7.64. The van der Waals surface area contributed by atoms with Gasteiger partial charge in [0.25, 0.3) is 0 Å². The van der Waals surface area contributed by atoms with Gasteiger partial charge in [-0.05, 0) is 26.0 Å². The minimum Gasteiger partial charge on any atom is -0.497 e. The second kappa shape index (κ2) is 4.58. The van der Waals surface area contributed by atoms with Crippen molar-refractivity contribution in [3.05, 3.63) is 18.2 Å². The molecule has 0 bridgehead atoms. The third-order valence-corrected chi connectivity index (χ3v) is 3.55. The Morgan fingerprint density at radius 2 is 2.24 bits per heavy atom. The van der Waals surface area contributed by atoms with Gasteiger partial charge in [0.15, 0.2) is 5.16 Å². The van der Waals surface area contributed by atoms with Crippen LogP contribution in [0.4, 0.5) is 0 Å². The summed E-state index contributed by atoms with van der Waals surface area (Å²) in [5.41, 5.74) is 1.16. The zero-order chi connectivity index (χ0) is 12.5. The van der Waals surface area contributed by atoms with Gasteiger partial charge in [0.05, 0.1) is 23.7 Å². The van der Waals surface area contributed by atoms with Gasteiger partial charge in [0.2, 0.25) is 0 Å². The molecule has 92 valence electrons. The monoisotopic (exact) mass is 252 g/mol. The number of thioether (sulfide) groups is 1. The molecule has 0 saturated heterocycles. The van der Waals surface area contributed by atoms with Crippen molar-refractivity contribution in [1.82, 2.24) is 9.97 Å². The van der Waals surface area contributed by atoms with E-state index in [4.69, 9.17) is 4.74 Å². The van der Waals surface area contributed by atoms with E-state index in [1.807, 2.05) is 18.2 Å². The van der Waals surface area contributed by atoms with E-state index in [1.165, 1.54) is 11.8 Å². The maximum Gasteiger partial charge on any atom is 0.166 e. The smallest absolute Gasteiger partial charge is 0.166 e. The maximum absolute atomic E-state index is 9.65. The molecule has 0 aliphatic heterocycles. The van der Waals surface area contributed by atoms with Gasteiger partial charge in [0, 0.05) is 11.8 Å². The molecule has 0 unspecified atom stereocenters. The number of benzene rings is 1. The molecule has 2 aromatic rings. The number of imidazole rings is 1. The number of nitrogens with zero attached hydrogens (tertiary/aromatic N) is 1. The van der Waals surface area contributed by atoms with Gasteiger partial charge in [0.1, 0.15) is 5.75 Å². The first kappa shape index (κ1) is 12.3. The summed E-state index contributed by atoms with van der Waals surface area (Å²) in [6.07, 6.45) is 0. The van der Waals surface area contributed by atoms with Crippen molar-refractivity contribution in [2.75, 3.05) is 12.9 Å². The molecule has 0 fully saturated rings. The summed E-state index contributed by atoms with van der Waals surface area (Å²) in [6.45, 7) is 3.57. The molecule has 0 aliphatic carbocycles. The summed E-state index contributed by atoms with van der Waals surface area (Å²) >= 11 is 1.51. The van der Waals surface area contributed by atoms with E-state index in [-0.39, 0.29) is 0 Å². The molecule has 0 spiro atoms. The van der Waals surface area contributed by atoms with Crippen LogP contribution in [0.2, 0.25) is 0 Å². The van der Waals surface area contributed by atoms with Crippen LogP contribution < -0.4 is 4.74 Å². The van der Waals surface area contributed by atoms with Crippen molar-refractivity contribution in [1.29, 1.82) is 0 Å². The van der Waals surface area contributed by atoms with E-state index < -0.39 is 5.60 Å². The minimum absolute atomic E-state index is 0.601. The molecule has 2 N–H and O–H groups in total. The third-order valence-electron chi connectivity index (χ3n) is 2.23. The molecular weight excluding hydrogens is 236 g/mol. The van der Waals surface area contributed by atoms with Gasteiger partial charge >= 0.3 is 0 Å². The van der Waals surface area contributed by atoms with Crippen LogP contribution in [-0.2, 0) is 0 Å². The van der Waals surface area contributed by atoms with E-state index in [0.29, 0.717) is 5.75 Å². The Kier molecular flexibility index (Phi) is 3.31. The molecule has 5 heteroatoms. The number of rotatable bonds is 4. The van der Waals surface area contributed by atoms with E-state index in [9.17, 15) is 5.11 Å². The zero-order valence-corrected chi connectivity index (χ0v) is 11.0. The number of fused-ring (bicyclic) bond motifs is 1. The highest BCUT2D eigenvalue weighted by atomic mass is 32.2. The number of aromatic nitrogens is 2. The van der Waals surface area contributed by atoms with Crippen LogP contribution in [0.15, 0.2) is 23.4 Å². The van der Waals surface area contributed by atoms with Gasteiger partial charge in [-0.15, -0.1) is 0 Å². The van der Waals surface area contributed by atoms with Crippen LogP contribution in [-0.4, -0.2) is 33.5 Å². The highest BCUT2D eigenvalue weighted by Gasteiger charge is 2.14. The van der Waals surface area contributed by atoms with Gasteiger partial charge in [-0.25, -0.2) is 4.98 Å². The van der Waals surface area contributed by atoms with Crippen LogP contribution in [0.5, 0.6) is 5.75 Å². The average Bonchev–Trinajstić information content (AvgIpc) is 2.66. The molecule has 17 heavy (non-hydrogen) atoms. The Morgan fingerprint density at radius 3 is 2.88 bits per heavy atom. The Labute approximate surface area is 104 Å². The molecule has 0 atom stereocenters. The quantitative estimate of drug-likeness (QED) is 0.821. The number of aliphatic hydroxyl groups is 1. The molecule has 0 aliphatic rings. The molecule has 1 aromatic heterocycles. The fourth-order valence-electron chi connectivity index (χ4n) is 1.41. The number of ether oxygens (including phenoxy) is 1. The summed E-state index contributed by atoms with van der Waals surface area (Å²) in [7, 11) is 1.64. The van der Waals surface area contributed by atoms with Gasteiger partial charge in [-0.2, -0.15) is 0 Å². The average molecular weight is 252 g/mol. The van der Waals surface area contributed by atoms with Crippen molar-refractivity contribution in [3.63, 3.8) is 0 Å². The SMILES string of the molecule is COc1ccc2nc(SCC(C)(C)O)[nH]c2c1. The third kappa shape index (κ3) is 3.14. The van der Waals surface area contributed by atoms with Gasteiger partial charge in [-0.1, -0.05) is 11.8 Å². The molecule has 1 aromatic carbocycles. The Bertz CT molecular complexity index is 517. The van der Waals surface area contributed by atoms with Crippen molar-refractivity contribution in [3.8, 4) is 5.75 Å². The molecule has 4 nitrogen and oxygen atoms in total. The fraction of sp³-hybridized carbons (Fsp3) is 0.417. The Balaban J connectivity index is 2.20. The van der Waals surface area contributed by atoms with Crippen molar-refractivity contribution in [2.45, 2.75) is 24.6 Å². The number of H-pyrrole nitrogens is 1. The molecular formula is C12H16N2O2S. The van der Waals surface area contributed by atoms with Crippen molar-refractivity contribution >= 4 is 22.8 Å². The van der Waals surface area contributed by atoms with E-state index in [2.05, 4.69) is 9.97 Å². The van der Waals surface area contributed by atoms with E-state index in [0.717, 1.165) is 21.9 Å². The first-order valence-electron chi connectivity index (χ1n) is 5.37. The number of hydrogen-bond donors (Lipinski definition) is 2. The lowest BCUT2D eigenvalue weighted by atomic mass is 10.2. The van der Waals surface area contributed by atoms with Crippen molar-refractivity contribution < 1.29 is 9.84 Å². The topological polar surface area (TPSA) is 58.1 Å². The minimum atomic E-state index is -0.693. The normalized spacial score (nSPS) is 12.0. The molecule has 2 rings (SSSR count). The number of methoxy groups -OCH3 is 1. The molecule has 0 amide bonds. The standard InChI is InChI=1S/C12H16N2O2S/c1-12(2,15)7-17-11-13-9-5-4-8(16-3)6-10(9)14-11/h4-6,15H,7H2,1-3H3,(H,13,14). The molecule has 1 heterocycles. The predicted octanol–water partition coefficient (Wildman–Crippen LogP) is 2.43. The lowest BCUT2D eigenvalue weighted by molar-refractivity contribution is 0.107. The first-order valence-corrected chi connectivity index (χ1v) is 6.35. The lowest BCUT2D eigenvalue weighted by Gasteiger charge is -2.14. The number of aromatic amines is 1. The van der Waals surface area contributed by atoms with Crippen LogP contribution in [0, 0.1) is 0 Å². The van der Waals surface area contributed by atoms with Crippen LogP contribution in [0.3, 0.4) is 0 Å². The highest BCUT2D eigenvalue weighted by Crippen LogP contribution is 2.24. The van der Waals surface area contributed by atoms with E-state index in [1.54, 1.807) is 21.0 Å². The molecule has 0 saturated carbocycles. The van der Waals surface area contributed by atoms with Gasteiger partial charge < -0.3 is 14.8 Å². The predicted molar refractivity (Wildman–Crippen MR) is 69.7 cm³/mol. The summed E-state index contributed by atoms with van der Waals surface area (Å²) in [5, 5.41) is 10.5. The van der Waals surface area contributed by atoms with Crippen LogP contribution in [0.1, 0.15) is 13.8 Å². The van der Waals surface area contributed by atoms with Crippen LogP contribution >= 0.6 is 11.8 Å². The van der Waals surface area contributed by atoms with Gasteiger partial charge in [-0.3, -0.25) is 0 Å². The second-order valence-electron chi connectivity index (χ2n) is 4.53. The highest BCUT2D eigenvalue weighted by molar-refractivity contribution is 7.99. The van der Waals surface area contributed by atoms with E-state index >= 15 is 0 Å². The number of nitrogens with one attached hydrogen (secondary N) is 1. The summed E-state index contributed by atoms with van der Waals surface area (Å²) in [6, 6.07) is 5.71. The fourth-order valence-corrected chi connectivity index (χ4v) is 2.24. The second-order valence-corrected chi connectivity index (χ2v) is 5.49. The van der Waals surface area contributed by atoms with Crippen LogP contribution in [0.25, 0.3) is 11.0 Å². The largest absolute Gasteiger partial charge is 0.497 e. The number of hydrogen-bond acceptors (Lipinski definition) is 4. The lowest BCUT2D eigenvalue weighted by Crippen LogP contribution is -2.21. The Morgan fingerprint density at radius 1 is 1.47 bits per heavy atom.